The van der Waals surface area contributed by atoms with E-state index < -0.39 is 6.04 Å². The first-order valence-corrected chi connectivity index (χ1v) is 12.5. The number of ether oxygens (including phenoxy) is 1. The Morgan fingerprint density at radius 2 is 1.53 bits per heavy atom. The number of Topliss-reactive ketones (excluding diaryl/α,β-unsaturated/α-hetero) is 1. The zero-order chi connectivity index (χ0) is 24.3. The summed E-state index contributed by atoms with van der Waals surface area (Å²) in [5.74, 6) is 0.282. The van der Waals surface area contributed by atoms with Crippen molar-refractivity contribution in [1.29, 1.82) is 0 Å². The Labute approximate surface area is 223 Å². The number of aryl methyl sites for hydroxylation is 1. The van der Waals surface area contributed by atoms with E-state index in [9.17, 15) is 9.59 Å². The highest BCUT2D eigenvalue weighted by Gasteiger charge is 2.49. The number of nitrogens with zero attached hydrogens (tertiary/aromatic N) is 1. The van der Waals surface area contributed by atoms with Crippen LogP contribution < -0.4 is 22.3 Å². The molecule has 0 radical (unpaired) electrons. The summed E-state index contributed by atoms with van der Waals surface area (Å²) in [7, 11) is 0. The highest BCUT2D eigenvalue weighted by Crippen LogP contribution is 2.37. The number of ketones is 1. The number of hydrogen-bond acceptors (Lipinski definition) is 4. The lowest BCUT2D eigenvalue weighted by Gasteiger charge is -2.51. The minimum absolute atomic E-state index is 0. The molecular formula is C30H33BrN2O3. The maximum atomic E-state index is 13.5. The van der Waals surface area contributed by atoms with Crippen molar-refractivity contribution in [2.24, 2.45) is 5.92 Å². The lowest BCUT2D eigenvalue weighted by molar-refractivity contribution is -0.938. The van der Waals surface area contributed by atoms with E-state index >= 15 is 0 Å². The second-order valence-corrected chi connectivity index (χ2v) is 10.0. The lowest BCUT2D eigenvalue weighted by atomic mass is 9.82. The van der Waals surface area contributed by atoms with E-state index in [0.29, 0.717) is 23.5 Å². The second kappa shape index (κ2) is 11.4. The summed E-state index contributed by atoms with van der Waals surface area (Å²) in [5.41, 5.74) is 3.57. The van der Waals surface area contributed by atoms with Crippen LogP contribution in [-0.4, -0.2) is 48.5 Å². The van der Waals surface area contributed by atoms with Gasteiger partial charge >= 0.3 is 5.97 Å². The number of para-hydroxylation sites is 1. The zero-order valence-electron chi connectivity index (χ0n) is 20.6. The van der Waals surface area contributed by atoms with Gasteiger partial charge in [-0.25, -0.2) is 4.79 Å². The fourth-order valence-corrected chi connectivity index (χ4v) is 5.69. The van der Waals surface area contributed by atoms with E-state index in [-0.39, 0.29) is 34.8 Å². The van der Waals surface area contributed by atoms with Gasteiger partial charge in [0.15, 0.2) is 12.1 Å². The summed E-state index contributed by atoms with van der Waals surface area (Å²) in [6.45, 7) is 5.11. The smallest absolute Gasteiger partial charge is 0.333 e. The van der Waals surface area contributed by atoms with Crippen LogP contribution in [0.2, 0.25) is 0 Å². The van der Waals surface area contributed by atoms with Gasteiger partial charge in [0.2, 0.25) is 5.78 Å². The average Bonchev–Trinajstić information content (AvgIpc) is 2.89. The Kier molecular flexibility index (Phi) is 8.27. The number of carbonyl (C=O) groups excluding carboxylic acids is 2. The third-order valence-corrected chi connectivity index (χ3v) is 7.69. The van der Waals surface area contributed by atoms with Gasteiger partial charge in [-0.15, -0.1) is 0 Å². The molecule has 3 heterocycles. The van der Waals surface area contributed by atoms with E-state index in [1.807, 2.05) is 91.9 Å². The molecule has 1 N–H and O–H groups in total. The molecule has 3 aliphatic rings. The second-order valence-electron chi connectivity index (χ2n) is 10.0. The van der Waals surface area contributed by atoms with Gasteiger partial charge in [0.25, 0.3) is 0 Å². The number of benzene rings is 3. The molecule has 0 aromatic heterocycles. The van der Waals surface area contributed by atoms with Crippen LogP contribution >= 0.6 is 0 Å². The van der Waals surface area contributed by atoms with Crippen LogP contribution in [0.3, 0.4) is 0 Å². The molecule has 2 bridgehead atoms. The summed E-state index contributed by atoms with van der Waals surface area (Å²) in [5, 5.41) is 3.36. The number of anilines is 1. The number of hydrogen-bond donors (Lipinski definition) is 1. The third-order valence-electron chi connectivity index (χ3n) is 7.69. The Morgan fingerprint density at radius 3 is 2.19 bits per heavy atom. The average molecular weight is 550 g/mol. The van der Waals surface area contributed by atoms with Crippen LogP contribution in [0.1, 0.15) is 40.4 Å². The molecule has 0 unspecified atom stereocenters. The van der Waals surface area contributed by atoms with Gasteiger partial charge in [-0.1, -0.05) is 72.8 Å². The third kappa shape index (κ3) is 5.71. The minimum atomic E-state index is -0.587. The van der Waals surface area contributed by atoms with Gasteiger partial charge in [0, 0.05) is 30.0 Å². The van der Waals surface area contributed by atoms with Crippen LogP contribution in [0.15, 0.2) is 84.9 Å². The first-order valence-electron chi connectivity index (χ1n) is 12.5. The molecule has 3 aromatic carbocycles. The van der Waals surface area contributed by atoms with Gasteiger partial charge in [-0.3, -0.25) is 4.79 Å². The van der Waals surface area contributed by atoms with Crippen LogP contribution in [0.25, 0.3) is 0 Å². The molecule has 3 aliphatic heterocycles. The fourth-order valence-electron chi connectivity index (χ4n) is 5.69. The molecular weight excluding hydrogens is 516 g/mol. The molecule has 0 aliphatic carbocycles. The maximum absolute atomic E-state index is 13.5. The highest BCUT2D eigenvalue weighted by atomic mass is 79.9. The predicted molar refractivity (Wildman–Crippen MR) is 137 cm³/mol. The predicted octanol–water partition coefficient (Wildman–Crippen LogP) is 2.19. The summed E-state index contributed by atoms with van der Waals surface area (Å²) < 4.78 is 6.93. The molecule has 5 nitrogen and oxygen atoms in total. The van der Waals surface area contributed by atoms with Crippen LogP contribution in [0.4, 0.5) is 5.69 Å². The molecule has 6 rings (SSSR count). The Bertz CT molecular complexity index is 1180. The highest BCUT2D eigenvalue weighted by molar-refractivity contribution is 5.98. The van der Waals surface area contributed by atoms with Gasteiger partial charge < -0.3 is 31.5 Å². The van der Waals surface area contributed by atoms with Crippen molar-refractivity contribution in [1.82, 2.24) is 0 Å². The molecule has 3 aromatic rings. The fraction of sp³-hybridized carbons (Fsp3) is 0.333. The first kappa shape index (κ1) is 26.1. The molecule has 0 amide bonds. The quantitative estimate of drug-likeness (QED) is 0.266. The minimum Gasteiger partial charge on any atom is -1.00 e. The van der Waals surface area contributed by atoms with Crippen LogP contribution in [0, 0.1) is 12.8 Å². The molecule has 0 saturated carbocycles. The Hall–Kier alpha value is -2.96. The van der Waals surface area contributed by atoms with Crippen molar-refractivity contribution in [2.45, 2.75) is 31.9 Å². The van der Waals surface area contributed by atoms with Crippen molar-refractivity contribution in [3.05, 3.63) is 102 Å². The first-order chi connectivity index (χ1) is 17.0. The van der Waals surface area contributed by atoms with E-state index in [1.54, 1.807) is 0 Å². The normalized spacial score (nSPS) is 23.2. The number of esters is 1. The lowest BCUT2D eigenvalue weighted by Crippen LogP contribution is -3.00. The molecule has 6 heteroatoms. The van der Waals surface area contributed by atoms with E-state index in [0.717, 1.165) is 48.3 Å². The van der Waals surface area contributed by atoms with E-state index in [1.165, 1.54) is 0 Å². The van der Waals surface area contributed by atoms with Gasteiger partial charge in [-0.05, 0) is 30.2 Å². The number of fused-ring (bicyclic) bond motifs is 3. The summed E-state index contributed by atoms with van der Waals surface area (Å²) >= 11 is 0. The van der Waals surface area contributed by atoms with Gasteiger partial charge in [-0.2, -0.15) is 0 Å². The number of quaternary nitrogens is 1. The van der Waals surface area contributed by atoms with E-state index in [4.69, 9.17) is 4.74 Å². The number of piperidine rings is 3. The molecule has 3 fully saturated rings. The number of halogens is 1. The van der Waals surface area contributed by atoms with Crippen molar-refractivity contribution in [3.63, 3.8) is 0 Å². The topological polar surface area (TPSA) is 55.4 Å². The molecule has 0 spiro atoms. The molecule has 3 saturated heterocycles. The van der Waals surface area contributed by atoms with Gasteiger partial charge in [0.05, 0.1) is 13.1 Å². The number of rotatable bonds is 8. The Balaban J connectivity index is 0.00000304. The Morgan fingerprint density at radius 1 is 0.917 bits per heavy atom. The van der Waals surface area contributed by atoms with Crippen molar-refractivity contribution in [2.75, 3.05) is 31.5 Å². The molecule has 36 heavy (non-hydrogen) atoms. The molecule has 188 valence electrons. The zero-order valence-corrected chi connectivity index (χ0v) is 22.2. The number of carbonyl (C=O) groups is 2. The number of nitrogens with one attached hydrogen (secondary N) is 1. The standard InChI is InChI=1S/C30H33N2O3.BrH/c1-22-10-8-9-15-26(22)27(33)20-32-18-16-23(17-19-32)28(21-32)35-30(34)29(24-11-4-2-5-12-24)31-25-13-6-3-7-14-25;/h2-15,23,28-29,31H,16-21H2,1H3;1H/q+1;/p-1/t23?,28-,29+,32?;/m0./s1. The summed E-state index contributed by atoms with van der Waals surface area (Å²) in [6.07, 6.45) is 1.81. The van der Waals surface area contributed by atoms with Crippen LogP contribution in [-0.2, 0) is 9.53 Å². The van der Waals surface area contributed by atoms with Crippen molar-refractivity contribution >= 4 is 17.4 Å². The SMILES string of the molecule is Cc1ccccc1C(=O)C[N+]12CCC(CC1)[C@@H](OC(=O)[C@H](Nc1ccccc1)c1ccccc1)C2.[Br-]. The maximum Gasteiger partial charge on any atom is 0.333 e. The van der Waals surface area contributed by atoms with Crippen LogP contribution in [0.5, 0.6) is 0 Å². The van der Waals surface area contributed by atoms with Crippen molar-refractivity contribution in [3.8, 4) is 0 Å². The van der Waals surface area contributed by atoms with E-state index in [2.05, 4.69) is 5.32 Å². The monoisotopic (exact) mass is 548 g/mol. The summed E-state index contributed by atoms with van der Waals surface area (Å²) in [4.78, 5) is 26.7. The van der Waals surface area contributed by atoms with Gasteiger partial charge in [0.1, 0.15) is 13.1 Å². The molecule has 2 atom stereocenters. The van der Waals surface area contributed by atoms with Crippen molar-refractivity contribution < 1.29 is 35.8 Å². The summed E-state index contributed by atoms with van der Waals surface area (Å²) in [6, 6.07) is 26.7. The largest absolute Gasteiger partial charge is 1.00 e.